The Morgan fingerprint density at radius 2 is 0.475 bits per heavy atom. The average molecular weight is 1020 g/mol. The lowest BCUT2D eigenvalue weighted by molar-refractivity contribution is 0.755. The smallest absolute Gasteiger partial charge is 0.161 e. The zero-order valence-corrected chi connectivity index (χ0v) is 43.7. The van der Waals surface area contributed by atoms with Crippen LogP contribution in [0.3, 0.4) is 0 Å². The van der Waals surface area contributed by atoms with Gasteiger partial charge in [0.15, 0.2) is 11.6 Å². The van der Waals surface area contributed by atoms with E-state index in [4.69, 9.17) is 19.9 Å². The minimum atomic E-state index is 0.0619. The second-order valence-corrected chi connectivity index (χ2v) is 20.8. The summed E-state index contributed by atoms with van der Waals surface area (Å²) in [5.41, 5.74) is 27.1. The Hall–Kier alpha value is -10.4. The zero-order valence-electron chi connectivity index (χ0n) is 43.7. The normalized spacial score (nSPS) is 13.8. The van der Waals surface area contributed by atoms with Gasteiger partial charge < -0.3 is 0 Å². The molecule has 0 N–H and O–H groups in total. The van der Waals surface area contributed by atoms with E-state index in [0.717, 1.165) is 78.4 Å². The Morgan fingerprint density at radius 1 is 0.175 bits per heavy atom. The first-order chi connectivity index (χ1) is 39.6. The number of hydrogen-bond donors (Lipinski definition) is 0. The lowest BCUT2D eigenvalue weighted by Gasteiger charge is -2.42. The molecule has 4 nitrogen and oxygen atoms in total. The van der Waals surface area contributed by atoms with Gasteiger partial charge in [-0.25, -0.2) is 19.9 Å². The van der Waals surface area contributed by atoms with Gasteiger partial charge in [0.25, 0.3) is 0 Å². The summed E-state index contributed by atoms with van der Waals surface area (Å²) < 4.78 is 0. The highest BCUT2D eigenvalue weighted by atomic mass is 14.9. The van der Waals surface area contributed by atoms with E-state index >= 15 is 0 Å². The van der Waals surface area contributed by atoms with Crippen LogP contribution in [0.2, 0.25) is 0 Å². The fraction of sp³-hybridized carbons (Fsp3) is 0.0263. The van der Waals surface area contributed by atoms with Crippen molar-refractivity contribution in [3.05, 3.63) is 325 Å². The molecule has 2 unspecified atom stereocenters. The minimum absolute atomic E-state index is 0.0619. The van der Waals surface area contributed by atoms with Gasteiger partial charge in [0.2, 0.25) is 0 Å². The Balaban J connectivity index is 0.809. The predicted octanol–water partition coefficient (Wildman–Crippen LogP) is 18.9. The Kier molecular flexibility index (Phi) is 11.6. The molecular weight excluding hydrogens is 969 g/mol. The van der Waals surface area contributed by atoms with Crippen LogP contribution in [0.1, 0.15) is 45.2 Å². The number of benzene rings is 11. The fourth-order valence-electron chi connectivity index (χ4n) is 12.3. The van der Waals surface area contributed by atoms with Crippen molar-refractivity contribution in [1.29, 1.82) is 0 Å². The number of aromatic nitrogens is 4. The standard InChI is InChI=1S/C76H50N4/c1-5-19-49(20-6-1)51-33-37-54(38-34-51)70-47-69(53-23-9-3-10-24-53)78-76(79-70)66-32-18-14-28-60(66)58-42-44-65-68(46-58)74-63-31-17-16-30-62(63)73(65)67-45-57(41-43-64(67)74)59-27-13-15-29-61(59)72-48-71(77-75(80-72)56-25-11-4-12-26-56)55-39-35-52(36-40-55)50-21-7-2-8-22-50/h1-48,73-74H. The van der Waals surface area contributed by atoms with Crippen molar-refractivity contribution in [2.24, 2.45) is 0 Å². The maximum absolute atomic E-state index is 5.36. The summed E-state index contributed by atoms with van der Waals surface area (Å²) in [6.07, 6.45) is 0. The van der Waals surface area contributed by atoms with Crippen molar-refractivity contribution in [3.8, 4) is 112 Å². The third-order valence-corrected chi connectivity index (χ3v) is 16.2. The minimum Gasteiger partial charge on any atom is -0.228 e. The molecule has 0 fully saturated rings. The second-order valence-electron chi connectivity index (χ2n) is 20.8. The van der Waals surface area contributed by atoms with Crippen LogP contribution in [0.5, 0.6) is 0 Å². The van der Waals surface area contributed by atoms with Gasteiger partial charge in [-0.2, -0.15) is 0 Å². The van der Waals surface area contributed by atoms with Crippen molar-refractivity contribution in [3.63, 3.8) is 0 Å². The summed E-state index contributed by atoms with van der Waals surface area (Å²) in [4.78, 5) is 21.2. The molecule has 2 heterocycles. The molecule has 2 bridgehead atoms. The molecule has 0 amide bonds. The summed E-state index contributed by atoms with van der Waals surface area (Å²) >= 11 is 0. The summed E-state index contributed by atoms with van der Waals surface area (Å²) in [7, 11) is 0. The lowest BCUT2D eigenvalue weighted by atomic mass is 9.60. The predicted molar refractivity (Wildman–Crippen MR) is 327 cm³/mol. The molecule has 11 aromatic carbocycles. The highest BCUT2D eigenvalue weighted by molar-refractivity contribution is 5.88. The third-order valence-electron chi connectivity index (χ3n) is 16.2. The Morgan fingerprint density at radius 3 is 0.963 bits per heavy atom. The Labute approximate surface area is 466 Å². The van der Waals surface area contributed by atoms with Crippen molar-refractivity contribution in [1.82, 2.24) is 19.9 Å². The van der Waals surface area contributed by atoms with Gasteiger partial charge in [0.05, 0.1) is 22.8 Å². The van der Waals surface area contributed by atoms with Crippen LogP contribution in [-0.2, 0) is 0 Å². The molecule has 0 spiro atoms. The molecule has 80 heavy (non-hydrogen) atoms. The molecule has 3 aliphatic carbocycles. The lowest BCUT2D eigenvalue weighted by Crippen LogP contribution is -2.27. The van der Waals surface area contributed by atoms with Crippen molar-refractivity contribution >= 4 is 0 Å². The summed E-state index contributed by atoms with van der Waals surface area (Å²) in [5.74, 6) is 1.51. The first kappa shape index (κ1) is 46.8. The molecule has 0 radical (unpaired) electrons. The maximum Gasteiger partial charge on any atom is 0.161 e. The monoisotopic (exact) mass is 1020 g/mol. The van der Waals surface area contributed by atoms with Gasteiger partial charge in [0, 0.05) is 45.2 Å². The molecule has 4 heteroatoms. The van der Waals surface area contributed by atoms with Gasteiger partial charge in [-0.15, -0.1) is 0 Å². The van der Waals surface area contributed by atoms with Crippen LogP contribution in [0.25, 0.3) is 112 Å². The molecule has 374 valence electrons. The van der Waals surface area contributed by atoms with E-state index in [1.807, 2.05) is 24.3 Å². The van der Waals surface area contributed by atoms with Gasteiger partial charge in [-0.05, 0) is 102 Å². The Bertz CT molecular complexity index is 4150. The van der Waals surface area contributed by atoms with Crippen LogP contribution in [0, 0.1) is 0 Å². The van der Waals surface area contributed by atoms with Crippen molar-refractivity contribution < 1.29 is 0 Å². The average Bonchev–Trinajstić information content (AvgIpc) is 3.66. The van der Waals surface area contributed by atoms with Crippen LogP contribution >= 0.6 is 0 Å². The number of hydrogen-bond acceptors (Lipinski definition) is 4. The van der Waals surface area contributed by atoms with Gasteiger partial charge >= 0.3 is 0 Å². The molecule has 2 atom stereocenters. The first-order valence-corrected chi connectivity index (χ1v) is 27.4. The van der Waals surface area contributed by atoms with Crippen LogP contribution in [0.4, 0.5) is 0 Å². The van der Waals surface area contributed by atoms with Crippen molar-refractivity contribution in [2.45, 2.75) is 11.8 Å². The topological polar surface area (TPSA) is 51.6 Å². The highest BCUT2D eigenvalue weighted by Crippen LogP contribution is 2.57. The molecule has 2 aromatic heterocycles. The van der Waals surface area contributed by atoms with E-state index in [1.165, 1.54) is 55.6 Å². The maximum atomic E-state index is 5.36. The van der Waals surface area contributed by atoms with Crippen LogP contribution < -0.4 is 0 Å². The van der Waals surface area contributed by atoms with Gasteiger partial charge in [-0.3, -0.25) is 0 Å². The van der Waals surface area contributed by atoms with Gasteiger partial charge in [-0.1, -0.05) is 267 Å². The molecule has 16 rings (SSSR count). The van der Waals surface area contributed by atoms with E-state index in [9.17, 15) is 0 Å². The van der Waals surface area contributed by atoms with Crippen LogP contribution in [-0.4, -0.2) is 19.9 Å². The quantitative estimate of drug-likeness (QED) is 0.137. The fourth-order valence-corrected chi connectivity index (χ4v) is 12.3. The van der Waals surface area contributed by atoms with E-state index in [2.05, 4.69) is 267 Å². The van der Waals surface area contributed by atoms with Crippen LogP contribution in [0.15, 0.2) is 291 Å². The molecule has 3 aliphatic rings. The van der Waals surface area contributed by atoms with E-state index in [-0.39, 0.29) is 11.8 Å². The first-order valence-electron chi connectivity index (χ1n) is 27.4. The van der Waals surface area contributed by atoms with Crippen molar-refractivity contribution in [2.75, 3.05) is 0 Å². The van der Waals surface area contributed by atoms with E-state index in [0.29, 0.717) is 11.6 Å². The second kappa shape index (κ2) is 19.9. The SMILES string of the molecule is c1ccc(-c2ccc(-c3cc(-c4ccccc4-c4ccc5c(c4)C4c6ccccc6C5c5cc(-c6ccccc6-c6nc(-c7ccccc7)cc(-c7ccc(-c8ccccc8)cc7)n6)ccc54)nc(-c4ccccc4)n3)cc2)cc1. The zero-order chi connectivity index (χ0) is 52.9. The van der Waals surface area contributed by atoms with Gasteiger partial charge in [0.1, 0.15) is 0 Å². The molecule has 0 aliphatic heterocycles. The number of rotatable bonds is 10. The summed E-state index contributed by atoms with van der Waals surface area (Å²) in [6.45, 7) is 0. The highest BCUT2D eigenvalue weighted by Gasteiger charge is 2.41. The van der Waals surface area contributed by atoms with E-state index in [1.54, 1.807) is 0 Å². The number of nitrogens with zero attached hydrogens (tertiary/aromatic N) is 4. The largest absolute Gasteiger partial charge is 0.228 e. The molecular formula is C76H50N4. The molecule has 0 saturated heterocycles. The van der Waals surface area contributed by atoms with E-state index < -0.39 is 0 Å². The molecule has 13 aromatic rings. The third kappa shape index (κ3) is 8.42. The molecule has 0 saturated carbocycles. The summed E-state index contributed by atoms with van der Waals surface area (Å²) in [6, 6.07) is 104. The summed E-state index contributed by atoms with van der Waals surface area (Å²) in [5, 5.41) is 0.